The number of hydrogen-bond acceptors (Lipinski definition) is 11. The van der Waals surface area contributed by atoms with E-state index in [1.165, 1.54) is 12.8 Å². The minimum absolute atomic E-state index is 0.0270. The number of carbonyl (C=O) groups is 2. The molecule has 0 bridgehead atoms. The Morgan fingerprint density at radius 2 is 1.54 bits per heavy atom. The van der Waals surface area contributed by atoms with Crippen LogP contribution in [0, 0.1) is 23.7 Å². The van der Waals surface area contributed by atoms with Crippen LogP contribution in [-0.2, 0) is 23.8 Å². The number of hydrogen-bond donors (Lipinski definition) is 3. The van der Waals surface area contributed by atoms with Crippen LogP contribution in [0.1, 0.15) is 98.8 Å². The summed E-state index contributed by atoms with van der Waals surface area (Å²) in [5.74, 6) is -1.58. The molecule has 0 radical (unpaired) electrons. The zero-order chi connectivity index (χ0) is 37.9. The molecule has 0 aromatic carbocycles. The van der Waals surface area contributed by atoms with Crippen molar-refractivity contribution in [2.24, 2.45) is 23.7 Å². The Kier molecular flexibility index (Phi) is 17.2. The third-order valence-corrected chi connectivity index (χ3v) is 12.1. The van der Waals surface area contributed by atoms with Crippen molar-refractivity contribution in [2.75, 3.05) is 53.4 Å². The van der Waals surface area contributed by atoms with E-state index >= 15 is 0 Å². The monoisotopic (exact) mass is 734 g/mol. The smallest absolute Gasteiger partial charge is 0.308 e. The van der Waals surface area contributed by atoms with E-state index in [1.807, 2.05) is 33.8 Å². The second kappa shape index (κ2) is 20.8. The summed E-state index contributed by atoms with van der Waals surface area (Å²) in [7, 11) is 3.60. The number of ether oxygens (including phenoxy) is 3. The summed E-state index contributed by atoms with van der Waals surface area (Å²) in [6, 6.07) is -0.632. The van der Waals surface area contributed by atoms with E-state index in [0.29, 0.717) is 19.3 Å². The lowest BCUT2D eigenvalue weighted by molar-refractivity contribution is -0.304. The molecule has 11 heteroatoms. The quantitative estimate of drug-likeness (QED) is 0.295. The highest BCUT2D eigenvalue weighted by atomic mass is 16.7. The van der Waals surface area contributed by atoms with E-state index in [1.54, 1.807) is 32.0 Å². The fraction of sp³-hybridized carbons (Fsp3) is 0.854. The molecule has 0 aromatic rings. The number of aliphatic hydroxyl groups excluding tert-OH is 3. The average molecular weight is 734 g/mol. The van der Waals surface area contributed by atoms with Gasteiger partial charge >= 0.3 is 5.97 Å². The van der Waals surface area contributed by atoms with Crippen LogP contribution in [0.2, 0.25) is 0 Å². The molecule has 4 heterocycles. The normalized spacial score (nSPS) is 40.2. The third kappa shape index (κ3) is 12.2. The Bertz CT molecular complexity index is 1170. The van der Waals surface area contributed by atoms with E-state index < -0.39 is 54.7 Å². The molecule has 0 saturated carbocycles. The molecular formula is C41H71N3O8. The lowest BCUT2D eigenvalue weighted by Gasteiger charge is -2.47. The first-order valence-electron chi connectivity index (χ1n) is 20.3. The zero-order valence-corrected chi connectivity index (χ0v) is 33.2. The van der Waals surface area contributed by atoms with Crippen LogP contribution >= 0.6 is 0 Å². The molecule has 298 valence electrons. The number of ketones is 1. The predicted octanol–water partition coefficient (Wildman–Crippen LogP) is 4.18. The van der Waals surface area contributed by atoms with E-state index in [-0.39, 0.29) is 36.1 Å². The molecule has 4 aliphatic rings. The van der Waals surface area contributed by atoms with Gasteiger partial charge in [-0.05, 0) is 118 Å². The van der Waals surface area contributed by atoms with Gasteiger partial charge in [-0.25, -0.2) is 0 Å². The van der Waals surface area contributed by atoms with E-state index in [9.17, 15) is 24.9 Å². The van der Waals surface area contributed by atoms with Crippen molar-refractivity contribution in [1.29, 1.82) is 0 Å². The number of likely N-dealkylation sites (N-methyl/N-ethyl adjacent to an activating group) is 1. The zero-order valence-electron chi connectivity index (χ0n) is 33.2. The Morgan fingerprint density at radius 3 is 2.15 bits per heavy atom. The van der Waals surface area contributed by atoms with Crippen molar-refractivity contribution in [3.8, 4) is 0 Å². The maximum Gasteiger partial charge on any atom is 0.308 e. The summed E-state index contributed by atoms with van der Waals surface area (Å²) >= 11 is 0. The van der Waals surface area contributed by atoms with Crippen LogP contribution in [0.4, 0.5) is 0 Å². The van der Waals surface area contributed by atoms with Crippen LogP contribution in [0.5, 0.6) is 0 Å². The van der Waals surface area contributed by atoms with Crippen molar-refractivity contribution in [2.45, 2.75) is 148 Å². The molecule has 3 saturated heterocycles. The Balaban J connectivity index is 1.68. The first-order valence-corrected chi connectivity index (χ1v) is 20.3. The first-order chi connectivity index (χ1) is 24.8. The number of esters is 1. The summed E-state index contributed by atoms with van der Waals surface area (Å²) in [6.07, 6.45) is 8.49. The molecule has 3 N–H and O–H groups in total. The Morgan fingerprint density at radius 1 is 0.904 bits per heavy atom. The second-order valence-electron chi connectivity index (χ2n) is 16.6. The molecule has 0 aromatic heterocycles. The molecule has 52 heavy (non-hydrogen) atoms. The molecule has 0 spiro atoms. The molecule has 4 aliphatic heterocycles. The van der Waals surface area contributed by atoms with Crippen molar-refractivity contribution in [3.63, 3.8) is 0 Å². The predicted molar refractivity (Wildman–Crippen MR) is 203 cm³/mol. The number of aliphatic hydroxyl groups is 3. The van der Waals surface area contributed by atoms with Crippen LogP contribution in [-0.4, -0.2) is 144 Å². The standard InChI is InChI=1S/C41H71N3O8/c1-8-35-32(26-44-20-13-10-14-21-44)23-27(2)15-16-33(45)28(3)24-31(17-22-43-18-11-9-12-19-43)40(29(4)34(46)25-36(47)51-35)52-41-39(49)37(42(6)7)38(48)30(5)50-41/h15-16,23,28-32,34-35,37-41,46,48-49H,8-14,17-22,24-26H2,1-7H3/b16-15+,27-23+/t28?,29?,30-,31?,32?,34?,35?,37-,38+,39-,40?,41-/m0/s1. The largest absolute Gasteiger partial charge is 0.462 e. The molecule has 0 aliphatic carbocycles. The van der Waals surface area contributed by atoms with Crippen molar-refractivity contribution >= 4 is 11.8 Å². The van der Waals surface area contributed by atoms with Gasteiger partial charge in [0.25, 0.3) is 0 Å². The SMILES string of the molecule is CCC1OC(=O)CC(O)C(C)C(O[C@@H]2O[C@@H](C)[C@@H](O)[C@H](N(C)C)[C@@H]2O)C(CCN2CCCCC2)CC(C)C(=O)/C=C/C(C)=C/C1CN1CCCCC1. The van der Waals surface area contributed by atoms with Crippen LogP contribution in [0.15, 0.2) is 23.8 Å². The summed E-state index contributed by atoms with van der Waals surface area (Å²) in [5.41, 5.74) is 0.954. The van der Waals surface area contributed by atoms with Gasteiger partial charge in [-0.15, -0.1) is 0 Å². The maximum absolute atomic E-state index is 13.8. The lowest BCUT2D eigenvalue weighted by atomic mass is 9.79. The summed E-state index contributed by atoms with van der Waals surface area (Å²) in [6.45, 7) is 15.3. The van der Waals surface area contributed by atoms with Gasteiger partial charge in [-0.1, -0.05) is 51.3 Å². The molecule has 12 atom stereocenters. The highest BCUT2D eigenvalue weighted by Gasteiger charge is 2.47. The summed E-state index contributed by atoms with van der Waals surface area (Å²) in [4.78, 5) is 34.1. The minimum atomic E-state index is -1.17. The van der Waals surface area contributed by atoms with Gasteiger partial charge in [0.1, 0.15) is 12.2 Å². The van der Waals surface area contributed by atoms with Gasteiger partial charge in [0, 0.05) is 24.3 Å². The number of nitrogens with zero attached hydrogens (tertiary/aromatic N) is 3. The van der Waals surface area contributed by atoms with Crippen LogP contribution in [0.3, 0.4) is 0 Å². The number of piperidine rings is 2. The summed E-state index contributed by atoms with van der Waals surface area (Å²) < 4.78 is 19.1. The van der Waals surface area contributed by atoms with Crippen molar-refractivity contribution < 1.29 is 39.1 Å². The molecule has 0 amide bonds. The van der Waals surface area contributed by atoms with Gasteiger partial charge in [-0.3, -0.25) is 9.59 Å². The van der Waals surface area contributed by atoms with E-state index in [2.05, 4.69) is 15.9 Å². The fourth-order valence-electron chi connectivity index (χ4n) is 8.83. The lowest BCUT2D eigenvalue weighted by Crippen LogP contribution is -2.63. The number of cyclic esters (lactones) is 1. The number of rotatable bonds is 9. The van der Waals surface area contributed by atoms with E-state index in [0.717, 1.165) is 70.5 Å². The molecule has 7 unspecified atom stereocenters. The van der Waals surface area contributed by atoms with Gasteiger partial charge in [0.15, 0.2) is 12.1 Å². The van der Waals surface area contributed by atoms with Gasteiger partial charge in [-0.2, -0.15) is 0 Å². The van der Waals surface area contributed by atoms with Gasteiger partial charge in [0.2, 0.25) is 0 Å². The second-order valence-corrected chi connectivity index (χ2v) is 16.6. The number of allylic oxidation sites excluding steroid dienone is 3. The number of carbonyl (C=O) groups excluding carboxylic acids is 2. The molecule has 3 fully saturated rings. The van der Waals surface area contributed by atoms with Crippen LogP contribution in [0.25, 0.3) is 0 Å². The summed E-state index contributed by atoms with van der Waals surface area (Å²) in [5, 5.41) is 34.2. The third-order valence-electron chi connectivity index (χ3n) is 12.1. The fourth-order valence-corrected chi connectivity index (χ4v) is 8.83. The number of likely N-dealkylation sites (tertiary alicyclic amines) is 2. The molecule has 4 rings (SSSR count). The minimum Gasteiger partial charge on any atom is -0.462 e. The first kappa shape index (κ1) is 43.0. The van der Waals surface area contributed by atoms with Gasteiger partial charge in [0.05, 0.1) is 36.9 Å². The highest BCUT2D eigenvalue weighted by Crippen LogP contribution is 2.35. The highest BCUT2D eigenvalue weighted by molar-refractivity contribution is 5.91. The van der Waals surface area contributed by atoms with E-state index in [4.69, 9.17) is 14.2 Å². The topological polar surface area (TPSA) is 132 Å². The molecular weight excluding hydrogens is 662 g/mol. The van der Waals surface area contributed by atoms with Crippen molar-refractivity contribution in [3.05, 3.63) is 23.8 Å². The average Bonchev–Trinajstić information content (AvgIpc) is 3.12. The Hall–Kier alpha value is -1.70. The van der Waals surface area contributed by atoms with Crippen LogP contribution < -0.4 is 0 Å². The molecule has 11 nitrogen and oxygen atoms in total. The Labute approximate surface area is 313 Å². The maximum atomic E-state index is 13.8. The van der Waals surface area contributed by atoms with Gasteiger partial charge < -0.3 is 44.2 Å². The van der Waals surface area contributed by atoms with Crippen molar-refractivity contribution in [1.82, 2.24) is 14.7 Å².